The van der Waals surface area contributed by atoms with Gasteiger partial charge in [0.25, 0.3) is 0 Å². The molecule has 2 N–H and O–H groups in total. The van der Waals surface area contributed by atoms with Crippen molar-refractivity contribution in [3.05, 3.63) is 64.2 Å². The summed E-state index contributed by atoms with van der Waals surface area (Å²) in [6.45, 7) is 5.92. The van der Waals surface area contributed by atoms with Gasteiger partial charge in [0.2, 0.25) is 5.88 Å². The van der Waals surface area contributed by atoms with Crippen molar-refractivity contribution in [2.45, 2.75) is 26.8 Å². The van der Waals surface area contributed by atoms with Gasteiger partial charge in [-0.1, -0.05) is 18.2 Å². The van der Waals surface area contributed by atoms with Gasteiger partial charge in [-0.25, -0.2) is 9.97 Å². The van der Waals surface area contributed by atoms with Crippen molar-refractivity contribution >= 4 is 41.3 Å². The molecule has 0 radical (unpaired) electrons. The fourth-order valence-electron chi connectivity index (χ4n) is 2.74. The Labute approximate surface area is 204 Å². The number of aliphatic imine (C=N–C) groups is 1. The first-order valence-corrected chi connectivity index (χ1v) is 10.8. The molecule has 0 unspecified atom stereocenters. The summed E-state index contributed by atoms with van der Waals surface area (Å²) in [6.07, 6.45) is 2.65. The first-order chi connectivity index (χ1) is 14.7. The lowest BCUT2D eigenvalue weighted by atomic mass is 10.3. The van der Waals surface area contributed by atoms with Crippen LogP contribution in [-0.4, -0.2) is 36.1 Å². The molecule has 166 valence electrons. The van der Waals surface area contributed by atoms with Crippen LogP contribution in [0.4, 0.5) is 0 Å². The average molecular weight is 553 g/mol. The lowest BCUT2D eigenvalue weighted by Gasteiger charge is -2.12. The fraction of sp³-hybridized carbons (Fsp3) is 0.318. The van der Waals surface area contributed by atoms with Crippen LogP contribution in [0.2, 0.25) is 0 Å². The number of nitrogens with one attached hydrogen (secondary N) is 2. The van der Waals surface area contributed by atoms with E-state index in [1.807, 2.05) is 50.2 Å². The van der Waals surface area contributed by atoms with E-state index in [1.54, 1.807) is 24.6 Å². The van der Waals surface area contributed by atoms with Gasteiger partial charge in [-0.05, 0) is 31.5 Å². The molecule has 7 nitrogen and oxygen atoms in total. The van der Waals surface area contributed by atoms with Crippen molar-refractivity contribution in [3.8, 4) is 17.4 Å². The Kier molecular flexibility index (Phi) is 10.5. The topological polar surface area (TPSA) is 80.7 Å². The Morgan fingerprint density at radius 2 is 1.94 bits per heavy atom. The van der Waals surface area contributed by atoms with Crippen LogP contribution in [0.15, 0.2) is 53.0 Å². The molecule has 0 amide bonds. The van der Waals surface area contributed by atoms with E-state index in [1.165, 1.54) is 0 Å². The third-order valence-corrected chi connectivity index (χ3v) is 5.01. The molecule has 2 aromatic heterocycles. The summed E-state index contributed by atoms with van der Waals surface area (Å²) in [5, 5.41) is 9.78. The molecule has 0 fully saturated rings. The van der Waals surface area contributed by atoms with Crippen molar-refractivity contribution in [3.63, 3.8) is 0 Å². The minimum atomic E-state index is 0. The highest BCUT2D eigenvalue weighted by molar-refractivity contribution is 14.0. The smallest absolute Gasteiger partial charge is 0.219 e. The fourth-order valence-corrected chi connectivity index (χ4v) is 3.38. The molecule has 0 aliphatic rings. The predicted octanol–water partition coefficient (Wildman–Crippen LogP) is 4.56. The molecule has 3 aromatic rings. The van der Waals surface area contributed by atoms with Crippen molar-refractivity contribution < 1.29 is 9.47 Å². The molecule has 0 saturated heterocycles. The van der Waals surface area contributed by atoms with E-state index < -0.39 is 0 Å². The van der Waals surface area contributed by atoms with E-state index in [9.17, 15) is 0 Å². The number of para-hydroxylation sites is 2. The second kappa shape index (κ2) is 13.1. The van der Waals surface area contributed by atoms with Gasteiger partial charge in [0.15, 0.2) is 17.5 Å². The SMILES string of the molecule is CCOc1ccccc1Oc1ccc(CNC(=NC)NCCc2csc(C)n2)cn1.I. The molecule has 0 spiro atoms. The zero-order valence-electron chi connectivity index (χ0n) is 17.9. The highest BCUT2D eigenvalue weighted by Gasteiger charge is 2.06. The number of hydrogen-bond donors (Lipinski definition) is 2. The largest absolute Gasteiger partial charge is 0.490 e. The van der Waals surface area contributed by atoms with E-state index in [0.717, 1.165) is 35.2 Å². The third-order valence-electron chi connectivity index (χ3n) is 4.18. The highest BCUT2D eigenvalue weighted by atomic mass is 127. The summed E-state index contributed by atoms with van der Waals surface area (Å²) in [7, 11) is 1.76. The number of ether oxygens (including phenoxy) is 2. The number of thiazole rings is 1. The molecule has 31 heavy (non-hydrogen) atoms. The molecular formula is C22H28IN5O2S. The van der Waals surface area contributed by atoms with Gasteiger partial charge in [0, 0.05) is 44.2 Å². The maximum absolute atomic E-state index is 5.86. The molecule has 9 heteroatoms. The maximum Gasteiger partial charge on any atom is 0.219 e. The van der Waals surface area contributed by atoms with Crippen LogP contribution in [0.3, 0.4) is 0 Å². The molecule has 0 aliphatic heterocycles. The first-order valence-electron chi connectivity index (χ1n) is 9.88. The van der Waals surface area contributed by atoms with E-state index >= 15 is 0 Å². The second-order valence-electron chi connectivity index (χ2n) is 6.45. The number of halogens is 1. The van der Waals surface area contributed by atoms with Crippen LogP contribution in [0.5, 0.6) is 17.4 Å². The number of aromatic nitrogens is 2. The van der Waals surface area contributed by atoms with Gasteiger partial charge >= 0.3 is 0 Å². The molecule has 0 atom stereocenters. The van der Waals surface area contributed by atoms with Crippen LogP contribution in [0.1, 0.15) is 23.2 Å². The van der Waals surface area contributed by atoms with Crippen molar-refractivity contribution in [1.82, 2.24) is 20.6 Å². The minimum Gasteiger partial charge on any atom is -0.490 e. The Morgan fingerprint density at radius 3 is 2.58 bits per heavy atom. The molecule has 3 rings (SSSR count). The number of pyridine rings is 1. The number of guanidine groups is 1. The van der Waals surface area contributed by atoms with E-state index in [0.29, 0.717) is 30.5 Å². The molecule has 0 aliphatic carbocycles. The number of aryl methyl sites for hydroxylation is 1. The summed E-state index contributed by atoms with van der Waals surface area (Å²) >= 11 is 1.67. The molecule has 0 saturated carbocycles. The quantitative estimate of drug-likeness (QED) is 0.230. The molecule has 0 bridgehead atoms. The summed E-state index contributed by atoms with van der Waals surface area (Å²) in [4.78, 5) is 13.1. The second-order valence-corrected chi connectivity index (χ2v) is 7.51. The summed E-state index contributed by atoms with van der Waals surface area (Å²) in [6, 6.07) is 11.4. The van der Waals surface area contributed by atoms with Crippen LogP contribution in [-0.2, 0) is 13.0 Å². The monoisotopic (exact) mass is 553 g/mol. The Hall–Kier alpha value is -2.40. The Bertz CT molecular complexity index is 963. The number of benzene rings is 1. The first kappa shape index (κ1) is 24.9. The van der Waals surface area contributed by atoms with Crippen LogP contribution in [0.25, 0.3) is 0 Å². The normalized spacial score (nSPS) is 10.9. The van der Waals surface area contributed by atoms with Crippen LogP contribution in [0, 0.1) is 6.92 Å². The van der Waals surface area contributed by atoms with Crippen molar-refractivity contribution in [2.75, 3.05) is 20.2 Å². The zero-order valence-corrected chi connectivity index (χ0v) is 21.1. The van der Waals surface area contributed by atoms with Crippen LogP contribution >= 0.6 is 35.3 Å². The number of hydrogen-bond acceptors (Lipinski definition) is 6. The van der Waals surface area contributed by atoms with Gasteiger partial charge in [-0.15, -0.1) is 35.3 Å². The Balaban J connectivity index is 0.00000341. The van der Waals surface area contributed by atoms with Crippen LogP contribution < -0.4 is 20.1 Å². The van der Waals surface area contributed by atoms with E-state index in [2.05, 4.69) is 31.0 Å². The minimum absolute atomic E-state index is 0. The maximum atomic E-state index is 5.86. The standard InChI is InChI=1S/C22H27N5O2S.HI/c1-4-28-19-7-5-6-8-20(19)29-21-10-9-17(13-25-21)14-26-22(23-3)24-12-11-18-15-30-16(2)27-18;/h5-10,13,15H,4,11-12,14H2,1-3H3,(H2,23,24,26);1H. The Morgan fingerprint density at radius 1 is 1.13 bits per heavy atom. The number of nitrogens with zero attached hydrogens (tertiary/aromatic N) is 3. The van der Waals surface area contributed by atoms with Gasteiger partial charge in [-0.3, -0.25) is 4.99 Å². The molecule has 1 aromatic carbocycles. The molecular weight excluding hydrogens is 525 g/mol. The van der Waals surface area contributed by atoms with E-state index in [-0.39, 0.29) is 24.0 Å². The van der Waals surface area contributed by atoms with Crippen molar-refractivity contribution in [2.24, 2.45) is 4.99 Å². The van der Waals surface area contributed by atoms with Gasteiger partial charge in [0.1, 0.15) is 0 Å². The molecule has 2 heterocycles. The lowest BCUT2D eigenvalue weighted by molar-refractivity contribution is 0.319. The highest BCUT2D eigenvalue weighted by Crippen LogP contribution is 2.30. The number of rotatable bonds is 9. The predicted molar refractivity (Wildman–Crippen MR) is 136 cm³/mol. The third kappa shape index (κ3) is 7.98. The van der Waals surface area contributed by atoms with Gasteiger partial charge in [-0.2, -0.15) is 0 Å². The van der Waals surface area contributed by atoms with Crippen molar-refractivity contribution in [1.29, 1.82) is 0 Å². The summed E-state index contributed by atoms with van der Waals surface area (Å²) < 4.78 is 11.4. The van der Waals surface area contributed by atoms with Gasteiger partial charge < -0.3 is 20.1 Å². The average Bonchev–Trinajstić information content (AvgIpc) is 3.18. The van der Waals surface area contributed by atoms with E-state index in [4.69, 9.17) is 9.47 Å². The summed E-state index contributed by atoms with van der Waals surface area (Å²) in [5.74, 6) is 2.62. The summed E-state index contributed by atoms with van der Waals surface area (Å²) in [5.41, 5.74) is 2.13. The lowest BCUT2D eigenvalue weighted by Crippen LogP contribution is -2.37. The zero-order chi connectivity index (χ0) is 21.2. The van der Waals surface area contributed by atoms with Gasteiger partial charge in [0.05, 0.1) is 17.3 Å².